The van der Waals surface area contributed by atoms with Gasteiger partial charge in [-0.05, 0) is 46.7 Å². The number of hydrogen-bond acceptors (Lipinski definition) is 2. The number of rotatable bonds is 3. The van der Waals surface area contributed by atoms with E-state index in [2.05, 4.69) is 4.98 Å². The minimum absolute atomic E-state index is 0.109. The molecule has 0 aromatic carbocycles. The Hall–Kier alpha value is -0.790. The van der Waals surface area contributed by atoms with Crippen molar-refractivity contribution in [3.63, 3.8) is 0 Å². The number of carboxylic acid groups (broad SMARTS) is 1. The van der Waals surface area contributed by atoms with Crippen molar-refractivity contribution >= 4 is 28.6 Å². The van der Waals surface area contributed by atoms with Crippen LogP contribution in [-0.4, -0.2) is 16.1 Å². The first-order valence-corrected chi connectivity index (χ1v) is 5.15. The van der Waals surface area contributed by atoms with E-state index in [4.69, 9.17) is 5.11 Å². The molecule has 0 saturated heterocycles. The summed E-state index contributed by atoms with van der Waals surface area (Å²) in [6.45, 7) is 1.61. The summed E-state index contributed by atoms with van der Waals surface area (Å²) in [7, 11) is 0. The van der Waals surface area contributed by atoms with Crippen molar-refractivity contribution in [1.29, 1.82) is 0 Å². The lowest BCUT2D eigenvalue weighted by Gasteiger charge is -2.09. The molecule has 0 spiro atoms. The Kier molecular flexibility index (Phi) is 3.95. The standard InChI is InChI=1S/C9H8F2INO2/c1-4-2-6(12)13-8(9(10)11)5(4)3-7(14)15/h2,9H,3H2,1H3,(H,14,15). The summed E-state index contributed by atoms with van der Waals surface area (Å²) >= 11 is 1.82. The summed E-state index contributed by atoms with van der Waals surface area (Å²) in [5, 5.41) is 8.59. The maximum Gasteiger partial charge on any atom is 0.307 e. The quantitative estimate of drug-likeness (QED) is 0.686. The van der Waals surface area contributed by atoms with Gasteiger partial charge >= 0.3 is 5.97 Å². The number of aliphatic carboxylic acids is 1. The van der Waals surface area contributed by atoms with E-state index in [-0.39, 0.29) is 5.56 Å². The van der Waals surface area contributed by atoms with Gasteiger partial charge in [-0.1, -0.05) is 0 Å². The molecule has 0 unspecified atom stereocenters. The topological polar surface area (TPSA) is 50.2 Å². The number of hydrogen-bond donors (Lipinski definition) is 1. The minimum atomic E-state index is -2.74. The first-order chi connectivity index (χ1) is 6.91. The number of aryl methyl sites for hydroxylation is 1. The van der Waals surface area contributed by atoms with E-state index in [0.29, 0.717) is 9.26 Å². The molecule has 6 heteroatoms. The van der Waals surface area contributed by atoms with Crippen molar-refractivity contribution in [2.24, 2.45) is 0 Å². The lowest BCUT2D eigenvalue weighted by molar-refractivity contribution is -0.136. The van der Waals surface area contributed by atoms with Gasteiger partial charge in [-0.3, -0.25) is 4.79 Å². The third kappa shape index (κ3) is 3.08. The summed E-state index contributed by atoms with van der Waals surface area (Å²) in [6.07, 6.45) is -3.16. The van der Waals surface area contributed by atoms with Crippen molar-refractivity contribution in [2.75, 3.05) is 0 Å². The Morgan fingerprint density at radius 3 is 2.73 bits per heavy atom. The second-order valence-electron chi connectivity index (χ2n) is 3.00. The zero-order valence-corrected chi connectivity index (χ0v) is 9.96. The van der Waals surface area contributed by atoms with Gasteiger partial charge in [0.2, 0.25) is 0 Å². The third-order valence-corrected chi connectivity index (χ3v) is 2.44. The van der Waals surface area contributed by atoms with Crippen LogP contribution in [0.3, 0.4) is 0 Å². The molecule has 1 rings (SSSR count). The Morgan fingerprint density at radius 2 is 2.27 bits per heavy atom. The van der Waals surface area contributed by atoms with Crippen LogP contribution in [0, 0.1) is 10.6 Å². The molecule has 1 aromatic rings. The van der Waals surface area contributed by atoms with Gasteiger partial charge in [0.05, 0.1) is 6.42 Å². The number of pyridine rings is 1. The fourth-order valence-corrected chi connectivity index (χ4v) is 1.97. The number of nitrogens with zero attached hydrogens (tertiary/aromatic N) is 1. The normalized spacial score (nSPS) is 10.7. The largest absolute Gasteiger partial charge is 0.481 e. The number of halogens is 3. The molecule has 1 N–H and O–H groups in total. The van der Waals surface area contributed by atoms with Crippen molar-refractivity contribution in [3.8, 4) is 0 Å². The Bertz CT molecular complexity index is 396. The average Bonchev–Trinajstić information content (AvgIpc) is 2.08. The number of carbonyl (C=O) groups is 1. The second kappa shape index (κ2) is 4.82. The molecule has 3 nitrogen and oxygen atoms in total. The molecule has 15 heavy (non-hydrogen) atoms. The highest BCUT2D eigenvalue weighted by atomic mass is 127. The van der Waals surface area contributed by atoms with E-state index in [1.807, 2.05) is 22.6 Å². The molecule has 0 atom stereocenters. The summed E-state index contributed by atoms with van der Waals surface area (Å²) in [6, 6.07) is 1.59. The van der Waals surface area contributed by atoms with Gasteiger partial charge in [0.25, 0.3) is 6.43 Å². The molecule has 0 aliphatic rings. The molecule has 1 heterocycles. The van der Waals surface area contributed by atoms with Gasteiger partial charge < -0.3 is 5.11 Å². The summed E-state index contributed by atoms with van der Waals surface area (Å²) in [5.74, 6) is -1.14. The summed E-state index contributed by atoms with van der Waals surface area (Å²) < 4.78 is 25.6. The molecule has 0 radical (unpaired) electrons. The maximum absolute atomic E-state index is 12.6. The highest BCUT2D eigenvalue weighted by Gasteiger charge is 2.19. The lowest BCUT2D eigenvalue weighted by Crippen LogP contribution is -2.09. The third-order valence-electron chi connectivity index (χ3n) is 1.88. The highest BCUT2D eigenvalue weighted by Crippen LogP contribution is 2.25. The van der Waals surface area contributed by atoms with Gasteiger partial charge in [0, 0.05) is 0 Å². The summed E-state index contributed by atoms with van der Waals surface area (Å²) in [5.41, 5.74) is 0.215. The fourth-order valence-electron chi connectivity index (χ4n) is 1.24. The zero-order chi connectivity index (χ0) is 11.6. The van der Waals surface area contributed by atoms with Gasteiger partial charge in [0.1, 0.15) is 9.39 Å². The molecule has 0 fully saturated rings. The summed E-state index contributed by atoms with van der Waals surface area (Å²) in [4.78, 5) is 14.2. The van der Waals surface area contributed by atoms with Crippen LogP contribution in [-0.2, 0) is 11.2 Å². The van der Waals surface area contributed by atoms with Gasteiger partial charge in [-0.15, -0.1) is 0 Å². The van der Waals surface area contributed by atoms with E-state index in [9.17, 15) is 13.6 Å². The predicted octanol–water partition coefficient (Wildman–Crippen LogP) is 2.56. The Balaban J connectivity index is 3.26. The fraction of sp³-hybridized carbons (Fsp3) is 0.333. The van der Waals surface area contributed by atoms with Crippen molar-refractivity contribution < 1.29 is 18.7 Å². The van der Waals surface area contributed by atoms with Crippen molar-refractivity contribution in [2.45, 2.75) is 19.8 Å². The lowest BCUT2D eigenvalue weighted by atomic mass is 10.0. The van der Waals surface area contributed by atoms with Crippen LogP contribution in [0.15, 0.2) is 6.07 Å². The second-order valence-corrected chi connectivity index (χ2v) is 4.10. The Labute approximate surface area is 98.7 Å². The van der Waals surface area contributed by atoms with Crippen LogP contribution in [0.25, 0.3) is 0 Å². The minimum Gasteiger partial charge on any atom is -0.481 e. The predicted molar refractivity (Wildman–Crippen MR) is 58.0 cm³/mol. The molecule has 0 amide bonds. The molecule has 0 saturated carbocycles. The average molecular weight is 327 g/mol. The van der Waals surface area contributed by atoms with Crippen molar-refractivity contribution in [1.82, 2.24) is 4.98 Å². The van der Waals surface area contributed by atoms with E-state index < -0.39 is 24.5 Å². The first kappa shape index (κ1) is 12.3. The molecular weight excluding hydrogens is 319 g/mol. The molecular formula is C9H8F2INO2. The van der Waals surface area contributed by atoms with Crippen molar-refractivity contribution in [3.05, 3.63) is 26.6 Å². The highest BCUT2D eigenvalue weighted by molar-refractivity contribution is 14.1. The molecule has 0 aliphatic heterocycles. The van der Waals surface area contributed by atoms with Crippen LogP contribution in [0.4, 0.5) is 8.78 Å². The zero-order valence-electron chi connectivity index (χ0n) is 7.80. The van der Waals surface area contributed by atoms with Gasteiger partial charge in [0.15, 0.2) is 0 Å². The van der Waals surface area contributed by atoms with E-state index in [0.717, 1.165) is 0 Å². The van der Waals surface area contributed by atoms with Crippen LogP contribution in [0.1, 0.15) is 23.2 Å². The number of carboxylic acids is 1. The molecule has 82 valence electrons. The van der Waals surface area contributed by atoms with Crippen LogP contribution < -0.4 is 0 Å². The van der Waals surface area contributed by atoms with Gasteiger partial charge in [-0.25, -0.2) is 13.8 Å². The SMILES string of the molecule is Cc1cc(I)nc(C(F)F)c1CC(=O)O. The van der Waals surface area contributed by atoms with E-state index in [1.54, 1.807) is 13.0 Å². The maximum atomic E-state index is 12.6. The first-order valence-electron chi connectivity index (χ1n) is 4.07. The van der Waals surface area contributed by atoms with Crippen LogP contribution in [0.2, 0.25) is 0 Å². The van der Waals surface area contributed by atoms with Crippen LogP contribution >= 0.6 is 22.6 Å². The smallest absolute Gasteiger partial charge is 0.307 e. The molecule has 0 bridgehead atoms. The monoisotopic (exact) mass is 327 g/mol. The number of alkyl halides is 2. The number of aromatic nitrogens is 1. The van der Waals surface area contributed by atoms with Gasteiger partial charge in [-0.2, -0.15) is 0 Å². The van der Waals surface area contributed by atoms with E-state index >= 15 is 0 Å². The Morgan fingerprint density at radius 1 is 1.67 bits per heavy atom. The van der Waals surface area contributed by atoms with E-state index in [1.165, 1.54) is 0 Å². The molecule has 0 aliphatic carbocycles. The van der Waals surface area contributed by atoms with Crippen LogP contribution in [0.5, 0.6) is 0 Å². The molecule has 1 aromatic heterocycles.